The van der Waals surface area contributed by atoms with Crippen LogP contribution in [0.15, 0.2) is 23.8 Å². The summed E-state index contributed by atoms with van der Waals surface area (Å²) in [5.41, 5.74) is -0.133. The van der Waals surface area contributed by atoms with Gasteiger partial charge in [-0.1, -0.05) is 12.7 Å². The van der Waals surface area contributed by atoms with Crippen molar-refractivity contribution in [1.29, 1.82) is 0 Å². The van der Waals surface area contributed by atoms with Crippen LogP contribution in [-0.2, 0) is 14.3 Å². The third-order valence-electron chi connectivity index (χ3n) is 1.68. The van der Waals surface area contributed by atoms with Gasteiger partial charge in [0.15, 0.2) is 0 Å². The molecule has 0 aliphatic heterocycles. The Morgan fingerprint density at radius 3 is 2.25 bits per heavy atom. The number of hydrogen-bond acceptors (Lipinski definition) is 3. The summed E-state index contributed by atoms with van der Waals surface area (Å²) >= 11 is 0. The molecular formula is C12H18O4. The minimum Gasteiger partial charge on any atom is -0.478 e. The Hall–Kier alpha value is -1.58. The molecule has 0 rings (SSSR count). The summed E-state index contributed by atoms with van der Waals surface area (Å²) in [6.07, 6.45) is 1.63. The fourth-order valence-electron chi connectivity index (χ4n) is 0.797. The Kier molecular flexibility index (Phi) is 4.95. The molecule has 0 aliphatic rings. The predicted molar refractivity (Wildman–Crippen MR) is 61.0 cm³/mol. The van der Waals surface area contributed by atoms with Crippen molar-refractivity contribution in [1.82, 2.24) is 0 Å². The van der Waals surface area contributed by atoms with Crippen LogP contribution in [0, 0.1) is 0 Å². The highest BCUT2D eigenvalue weighted by atomic mass is 16.6. The van der Waals surface area contributed by atoms with Gasteiger partial charge in [-0.15, -0.1) is 0 Å². The third-order valence-corrected chi connectivity index (χ3v) is 1.68. The zero-order chi connectivity index (χ0) is 12.9. The highest BCUT2D eigenvalue weighted by Crippen LogP contribution is 2.12. The Morgan fingerprint density at radius 1 is 1.38 bits per heavy atom. The van der Waals surface area contributed by atoms with Crippen LogP contribution < -0.4 is 0 Å². The number of aliphatic carboxylic acids is 1. The number of allylic oxidation sites excluding steroid dienone is 1. The molecule has 0 amide bonds. The van der Waals surface area contributed by atoms with Gasteiger partial charge in [0.1, 0.15) is 5.60 Å². The van der Waals surface area contributed by atoms with Crippen LogP contribution in [0.1, 0.15) is 34.1 Å². The van der Waals surface area contributed by atoms with Crippen LogP contribution in [0.2, 0.25) is 0 Å². The van der Waals surface area contributed by atoms with E-state index >= 15 is 0 Å². The molecule has 0 aliphatic carbocycles. The lowest BCUT2D eigenvalue weighted by Crippen LogP contribution is -2.24. The molecule has 0 bridgehead atoms. The van der Waals surface area contributed by atoms with E-state index in [9.17, 15) is 9.59 Å². The lowest BCUT2D eigenvalue weighted by Gasteiger charge is -2.19. The van der Waals surface area contributed by atoms with Crippen LogP contribution in [-0.4, -0.2) is 22.6 Å². The number of carbonyl (C=O) groups is 2. The van der Waals surface area contributed by atoms with Crippen molar-refractivity contribution in [3.63, 3.8) is 0 Å². The molecule has 0 spiro atoms. The fourth-order valence-corrected chi connectivity index (χ4v) is 0.797. The summed E-state index contributed by atoms with van der Waals surface area (Å²) < 4.78 is 5.08. The molecule has 0 saturated carbocycles. The molecule has 16 heavy (non-hydrogen) atoms. The molecule has 0 unspecified atom stereocenters. The monoisotopic (exact) mass is 226 g/mol. The third kappa shape index (κ3) is 6.01. The van der Waals surface area contributed by atoms with Crippen LogP contribution in [0.5, 0.6) is 0 Å². The van der Waals surface area contributed by atoms with E-state index < -0.39 is 17.5 Å². The van der Waals surface area contributed by atoms with Gasteiger partial charge in [-0.25, -0.2) is 9.59 Å². The highest BCUT2D eigenvalue weighted by molar-refractivity contribution is 5.89. The molecular weight excluding hydrogens is 208 g/mol. The van der Waals surface area contributed by atoms with Crippen molar-refractivity contribution < 1.29 is 19.4 Å². The van der Waals surface area contributed by atoms with Gasteiger partial charge in [-0.05, 0) is 34.1 Å². The van der Waals surface area contributed by atoms with Crippen LogP contribution in [0.4, 0.5) is 0 Å². The molecule has 0 atom stereocenters. The predicted octanol–water partition coefficient (Wildman–Crippen LogP) is 2.31. The summed E-state index contributed by atoms with van der Waals surface area (Å²) in [5, 5.41) is 8.61. The molecule has 0 aromatic rings. The van der Waals surface area contributed by atoms with Crippen LogP contribution in [0.25, 0.3) is 0 Å². The van der Waals surface area contributed by atoms with Gasteiger partial charge in [-0.3, -0.25) is 0 Å². The zero-order valence-corrected chi connectivity index (χ0v) is 10.2. The summed E-state index contributed by atoms with van der Waals surface area (Å²) in [5.74, 6) is -1.50. The second-order valence-electron chi connectivity index (χ2n) is 4.50. The number of carbonyl (C=O) groups excluding carboxylic acids is 1. The first-order valence-corrected chi connectivity index (χ1v) is 4.94. The molecule has 4 heteroatoms. The Balaban J connectivity index is 4.34. The van der Waals surface area contributed by atoms with Crippen molar-refractivity contribution in [2.75, 3.05) is 0 Å². The molecule has 0 heterocycles. The number of carboxylic acids is 1. The zero-order valence-electron chi connectivity index (χ0n) is 10.2. The Morgan fingerprint density at radius 2 is 1.88 bits per heavy atom. The van der Waals surface area contributed by atoms with Gasteiger partial charge >= 0.3 is 11.9 Å². The number of carboxylic acid groups (broad SMARTS) is 1. The largest absolute Gasteiger partial charge is 0.478 e. The maximum Gasteiger partial charge on any atom is 0.334 e. The number of hydrogen-bond donors (Lipinski definition) is 1. The number of esters is 1. The molecule has 0 fully saturated rings. The Bertz CT molecular complexity index is 331. The SMILES string of the molecule is C=C(CC=C(C)C(=O)O)C(=O)OC(C)(C)C. The molecule has 0 saturated heterocycles. The number of rotatable bonds is 4. The van der Waals surface area contributed by atoms with E-state index in [-0.39, 0.29) is 17.6 Å². The van der Waals surface area contributed by atoms with E-state index in [0.717, 1.165) is 0 Å². The lowest BCUT2D eigenvalue weighted by molar-refractivity contribution is -0.150. The topological polar surface area (TPSA) is 63.6 Å². The van der Waals surface area contributed by atoms with Crippen molar-refractivity contribution in [3.05, 3.63) is 23.8 Å². The maximum atomic E-state index is 11.4. The second kappa shape index (κ2) is 5.49. The van der Waals surface area contributed by atoms with Gasteiger partial charge < -0.3 is 9.84 Å². The van der Waals surface area contributed by atoms with Crippen molar-refractivity contribution in [3.8, 4) is 0 Å². The second-order valence-corrected chi connectivity index (χ2v) is 4.50. The molecule has 0 aromatic carbocycles. The first kappa shape index (κ1) is 14.4. The van der Waals surface area contributed by atoms with Crippen LogP contribution in [0.3, 0.4) is 0 Å². The smallest absolute Gasteiger partial charge is 0.334 e. The van der Waals surface area contributed by atoms with Crippen LogP contribution >= 0.6 is 0 Å². The quantitative estimate of drug-likeness (QED) is 0.590. The normalized spacial score (nSPS) is 12.1. The lowest BCUT2D eigenvalue weighted by atomic mass is 10.1. The van der Waals surface area contributed by atoms with E-state index in [0.29, 0.717) is 0 Å². The van der Waals surface area contributed by atoms with E-state index in [4.69, 9.17) is 9.84 Å². The van der Waals surface area contributed by atoms with E-state index in [1.807, 2.05) is 0 Å². The Labute approximate surface area is 95.6 Å². The highest BCUT2D eigenvalue weighted by Gasteiger charge is 2.18. The van der Waals surface area contributed by atoms with Gasteiger partial charge in [0.05, 0.1) is 0 Å². The summed E-state index contributed by atoms with van der Waals surface area (Å²) in [6.45, 7) is 10.3. The van der Waals surface area contributed by atoms with Gasteiger partial charge in [0.25, 0.3) is 0 Å². The van der Waals surface area contributed by atoms with E-state index in [2.05, 4.69) is 6.58 Å². The first-order chi connectivity index (χ1) is 7.13. The fraction of sp³-hybridized carbons (Fsp3) is 0.500. The molecule has 0 aromatic heterocycles. The summed E-state index contributed by atoms with van der Waals surface area (Å²) in [7, 11) is 0. The summed E-state index contributed by atoms with van der Waals surface area (Å²) in [6, 6.07) is 0. The average molecular weight is 226 g/mol. The maximum absolute atomic E-state index is 11.4. The minimum atomic E-state index is -1.00. The summed E-state index contributed by atoms with van der Waals surface area (Å²) in [4.78, 5) is 21.9. The minimum absolute atomic E-state index is 0.185. The molecule has 1 N–H and O–H groups in total. The first-order valence-electron chi connectivity index (χ1n) is 4.94. The van der Waals surface area contributed by atoms with Crippen molar-refractivity contribution >= 4 is 11.9 Å². The molecule has 4 nitrogen and oxygen atoms in total. The van der Waals surface area contributed by atoms with Crippen molar-refractivity contribution in [2.45, 2.75) is 39.7 Å². The van der Waals surface area contributed by atoms with Gasteiger partial charge in [0, 0.05) is 11.1 Å². The molecule has 90 valence electrons. The average Bonchev–Trinajstić information content (AvgIpc) is 2.10. The number of ether oxygens (including phenoxy) is 1. The van der Waals surface area contributed by atoms with Gasteiger partial charge in [0.2, 0.25) is 0 Å². The van der Waals surface area contributed by atoms with E-state index in [1.54, 1.807) is 20.8 Å². The van der Waals surface area contributed by atoms with E-state index in [1.165, 1.54) is 13.0 Å². The van der Waals surface area contributed by atoms with Gasteiger partial charge in [-0.2, -0.15) is 0 Å². The van der Waals surface area contributed by atoms with Crippen molar-refractivity contribution in [2.24, 2.45) is 0 Å². The standard InChI is InChI=1S/C12H18O4/c1-8(10(13)14)6-7-9(2)11(15)16-12(3,4)5/h6H,2,7H2,1,3-5H3,(H,13,14). The molecule has 0 radical (unpaired) electrons.